The normalized spacial score (nSPS) is 11.6. The zero-order chi connectivity index (χ0) is 18.4. The molecule has 0 spiro atoms. The van der Waals surface area contributed by atoms with Crippen LogP contribution in [0.4, 0.5) is 5.82 Å². The van der Waals surface area contributed by atoms with Gasteiger partial charge in [0.15, 0.2) is 17.4 Å². The Hall–Kier alpha value is -2.58. The summed E-state index contributed by atoms with van der Waals surface area (Å²) in [5.41, 5.74) is 0.809. The molecule has 0 bridgehead atoms. The molecule has 0 aliphatic carbocycles. The quantitative estimate of drug-likeness (QED) is 0.338. The molecule has 0 amide bonds. The van der Waals surface area contributed by atoms with Crippen molar-refractivity contribution in [1.29, 1.82) is 0 Å². The Morgan fingerprint density at radius 1 is 1.19 bits per heavy atom. The average Bonchev–Trinajstić information content (AvgIpc) is 3.06. The monoisotopic (exact) mass is 392 g/mol. The molecule has 10 heteroatoms. The lowest BCUT2D eigenvalue weighted by Crippen LogP contribution is -2.39. The highest BCUT2D eigenvalue weighted by Gasteiger charge is 2.06. The third kappa shape index (κ3) is 4.53. The van der Waals surface area contributed by atoms with E-state index in [0.29, 0.717) is 41.5 Å². The number of halogens is 2. The highest BCUT2D eigenvalue weighted by Crippen LogP contribution is 2.21. The highest BCUT2D eigenvalue weighted by molar-refractivity contribution is 6.35. The molecule has 0 radical (unpaired) electrons. The van der Waals surface area contributed by atoms with Crippen molar-refractivity contribution in [3.63, 3.8) is 0 Å². The molecule has 136 valence electrons. The Balaban J connectivity index is 1.46. The third-order valence-electron chi connectivity index (χ3n) is 3.54. The van der Waals surface area contributed by atoms with E-state index in [4.69, 9.17) is 23.2 Å². The molecule has 3 rings (SSSR count). The Labute approximate surface area is 160 Å². The molecular weight excluding hydrogens is 375 g/mol. The summed E-state index contributed by atoms with van der Waals surface area (Å²) in [6, 6.07) is 7.42. The maximum absolute atomic E-state index is 6.07. The number of fused-ring (bicyclic) bond motifs is 1. The first-order chi connectivity index (χ1) is 12.7. The fraction of sp³-hybridized carbons (Fsp3) is 0.250. The van der Waals surface area contributed by atoms with E-state index < -0.39 is 0 Å². The molecule has 3 aromatic heterocycles. The zero-order valence-electron chi connectivity index (χ0n) is 14.1. The van der Waals surface area contributed by atoms with Crippen LogP contribution >= 0.6 is 23.2 Å². The lowest BCUT2D eigenvalue weighted by Gasteiger charge is -2.12. The van der Waals surface area contributed by atoms with E-state index >= 15 is 0 Å². The van der Waals surface area contributed by atoms with Gasteiger partial charge in [0.05, 0.1) is 16.6 Å². The summed E-state index contributed by atoms with van der Waals surface area (Å²) in [5, 5.41) is 18.8. The van der Waals surface area contributed by atoms with Gasteiger partial charge in [-0.1, -0.05) is 29.3 Å². The van der Waals surface area contributed by atoms with Crippen molar-refractivity contribution in [3.8, 4) is 0 Å². The maximum atomic E-state index is 6.07. The Morgan fingerprint density at radius 2 is 2.08 bits per heavy atom. The number of rotatable bonds is 6. The van der Waals surface area contributed by atoms with Crippen molar-refractivity contribution in [3.05, 3.63) is 52.5 Å². The van der Waals surface area contributed by atoms with Crippen LogP contribution in [0.5, 0.6) is 0 Å². The second-order valence-corrected chi connectivity index (χ2v) is 6.15. The van der Waals surface area contributed by atoms with Gasteiger partial charge in [0, 0.05) is 32.5 Å². The van der Waals surface area contributed by atoms with E-state index in [2.05, 4.69) is 36.1 Å². The van der Waals surface area contributed by atoms with Gasteiger partial charge in [-0.15, -0.1) is 10.2 Å². The smallest absolute Gasteiger partial charge is 0.191 e. The Bertz CT molecular complexity index is 908. The highest BCUT2D eigenvalue weighted by atomic mass is 35.5. The second kappa shape index (κ2) is 8.68. The van der Waals surface area contributed by atoms with Crippen LogP contribution in [0.25, 0.3) is 5.65 Å². The number of aromatic nitrogens is 4. The van der Waals surface area contributed by atoms with E-state index in [1.54, 1.807) is 19.3 Å². The summed E-state index contributed by atoms with van der Waals surface area (Å²) in [5.74, 6) is 2.06. The standard InChI is InChI=1S/C16H18Cl2N8/c1-19-16(21-6-5-20-15-12(18)8-11(17)9-22-15)23-10-14-25-24-13-4-2-3-7-26(13)14/h2-4,7-9H,5-6,10H2,1H3,(H,20,22)(H2,19,21,23). The molecule has 0 aliphatic rings. The molecule has 0 saturated carbocycles. The van der Waals surface area contributed by atoms with Crippen molar-refractivity contribution in [1.82, 2.24) is 30.2 Å². The molecule has 3 heterocycles. The van der Waals surface area contributed by atoms with Crippen molar-refractivity contribution < 1.29 is 0 Å². The van der Waals surface area contributed by atoms with Gasteiger partial charge in [0.1, 0.15) is 5.82 Å². The zero-order valence-corrected chi connectivity index (χ0v) is 15.6. The largest absolute Gasteiger partial charge is 0.367 e. The molecule has 3 aromatic rings. The number of guanidine groups is 1. The molecule has 0 atom stereocenters. The molecular formula is C16H18Cl2N8. The summed E-state index contributed by atoms with van der Waals surface area (Å²) < 4.78 is 1.93. The average molecular weight is 393 g/mol. The Kier molecular flexibility index (Phi) is 6.08. The predicted molar refractivity (Wildman–Crippen MR) is 104 cm³/mol. The van der Waals surface area contributed by atoms with E-state index in [1.165, 1.54) is 0 Å². The SMILES string of the molecule is CN=C(NCCNc1ncc(Cl)cc1Cl)NCc1nnc2ccccn12. The van der Waals surface area contributed by atoms with Crippen LogP contribution in [-0.4, -0.2) is 45.7 Å². The number of pyridine rings is 2. The summed E-state index contributed by atoms with van der Waals surface area (Å²) in [7, 11) is 1.71. The fourth-order valence-electron chi connectivity index (χ4n) is 2.30. The number of nitrogens with zero attached hydrogens (tertiary/aromatic N) is 5. The van der Waals surface area contributed by atoms with Crippen LogP contribution in [-0.2, 0) is 6.54 Å². The molecule has 0 aliphatic heterocycles. The fourth-order valence-corrected chi connectivity index (χ4v) is 2.75. The summed E-state index contributed by atoms with van der Waals surface area (Å²) >= 11 is 11.9. The predicted octanol–water partition coefficient (Wildman–Crippen LogP) is 2.21. The molecule has 3 N–H and O–H groups in total. The van der Waals surface area contributed by atoms with Crippen molar-refractivity contribution in [2.45, 2.75) is 6.54 Å². The number of nitrogens with one attached hydrogen (secondary N) is 3. The van der Waals surface area contributed by atoms with E-state index in [1.807, 2.05) is 28.8 Å². The lowest BCUT2D eigenvalue weighted by atomic mass is 10.4. The van der Waals surface area contributed by atoms with Crippen LogP contribution in [0.2, 0.25) is 10.0 Å². The number of anilines is 1. The van der Waals surface area contributed by atoms with Crippen LogP contribution < -0.4 is 16.0 Å². The molecule has 8 nitrogen and oxygen atoms in total. The van der Waals surface area contributed by atoms with Crippen molar-refractivity contribution >= 4 is 40.6 Å². The first-order valence-corrected chi connectivity index (χ1v) is 8.71. The minimum Gasteiger partial charge on any atom is -0.367 e. The van der Waals surface area contributed by atoms with Gasteiger partial charge in [-0.05, 0) is 18.2 Å². The van der Waals surface area contributed by atoms with Crippen LogP contribution in [0.1, 0.15) is 5.82 Å². The number of hydrogen-bond donors (Lipinski definition) is 3. The van der Waals surface area contributed by atoms with Gasteiger partial charge in [-0.2, -0.15) is 0 Å². The molecule has 0 saturated heterocycles. The van der Waals surface area contributed by atoms with Gasteiger partial charge in [0.25, 0.3) is 0 Å². The topological polar surface area (TPSA) is 91.5 Å². The molecule has 0 unspecified atom stereocenters. The minimum absolute atomic E-state index is 0.485. The summed E-state index contributed by atoms with van der Waals surface area (Å²) in [6.07, 6.45) is 3.47. The van der Waals surface area contributed by atoms with Gasteiger partial charge in [-0.3, -0.25) is 9.39 Å². The minimum atomic E-state index is 0.485. The first-order valence-electron chi connectivity index (χ1n) is 7.95. The van der Waals surface area contributed by atoms with Crippen molar-refractivity contribution in [2.75, 3.05) is 25.5 Å². The summed E-state index contributed by atoms with van der Waals surface area (Å²) in [6.45, 7) is 1.74. The van der Waals surface area contributed by atoms with Crippen molar-refractivity contribution in [2.24, 2.45) is 4.99 Å². The molecule has 0 aromatic carbocycles. The van der Waals surface area contributed by atoms with E-state index in [0.717, 1.165) is 11.5 Å². The van der Waals surface area contributed by atoms with Gasteiger partial charge in [-0.25, -0.2) is 4.98 Å². The van der Waals surface area contributed by atoms with Crippen LogP contribution in [0.3, 0.4) is 0 Å². The van der Waals surface area contributed by atoms with Crippen LogP contribution in [0.15, 0.2) is 41.7 Å². The third-order valence-corrected chi connectivity index (χ3v) is 4.03. The first kappa shape index (κ1) is 18.2. The second-order valence-electron chi connectivity index (χ2n) is 5.31. The van der Waals surface area contributed by atoms with Crippen LogP contribution in [0, 0.1) is 0 Å². The van der Waals surface area contributed by atoms with Gasteiger partial charge in [0.2, 0.25) is 0 Å². The van der Waals surface area contributed by atoms with E-state index in [9.17, 15) is 0 Å². The molecule has 26 heavy (non-hydrogen) atoms. The number of hydrogen-bond acceptors (Lipinski definition) is 5. The molecule has 0 fully saturated rings. The van der Waals surface area contributed by atoms with E-state index in [-0.39, 0.29) is 0 Å². The van der Waals surface area contributed by atoms with Gasteiger partial charge >= 0.3 is 0 Å². The number of aliphatic imine (C=N–C) groups is 1. The lowest BCUT2D eigenvalue weighted by molar-refractivity contribution is 0.765. The maximum Gasteiger partial charge on any atom is 0.191 e. The summed E-state index contributed by atoms with van der Waals surface area (Å²) in [4.78, 5) is 8.34. The van der Waals surface area contributed by atoms with Gasteiger partial charge < -0.3 is 16.0 Å². The Morgan fingerprint density at radius 3 is 2.88 bits per heavy atom.